The topological polar surface area (TPSA) is 33.5 Å². The number of ether oxygens (including phenoxy) is 1. The Hall–Kier alpha value is -8.67. The Morgan fingerprint density at radius 3 is 1.84 bits per heavy atom. The highest BCUT2D eigenvalue weighted by Gasteiger charge is 2.34. The van der Waals surface area contributed by atoms with Gasteiger partial charge in [-0.2, -0.15) is 0 Å². The van der Waals surface area contributed by atoms with Crippen LogP contribution in [0.1, 0.15) is 92.7 Å². The highest BCUT2D eigenvalue weighted by molar-refractivity contribution is 6.11. The van der Waals surface area contributed by atoms with Crippen molar-refractivity contribution in [2.75, 3.05) is 16.5 Å². The Labute approximate surface area is 467 Å². The monoisotopic (exact) mass is 1010 g/mol. The molecule has 378 valence electrons. The lowest BCUT2D eigenvalue weighted by molar-refractivity contribution is 0.479. The Kier molecular flexibility index (Phi) is 8.87. The number of aromatic nitrogens is 2. The summed E-state index contributed by atoms with van der Waals surface area (Å²) in [5.41, 5.74) is 12.7. The van der Waals surface area contributed by atoms with Crippen molar-refractivity contribution in [2.24, 2.45) is 0 Å². The zero-order valence-electron chi connectivity index (χ0n) is 54.8. The van der Waals surface area contributed by atoms with Gasteiger partial charge in [0.2, 0.25) is 0 Å². The van der Waals surface area contributed by atoms with E-state index < -0.39 is 64.7 Å². The molecule has 77 heavy (non-hydrogen) atoms. The molecule has 4 heterocycles. The molecule has 0 fully saturated rings. The Bertz CT molecular complexity index is 4700. The second-order valence-corrected chi connectivity index (χ2v) is 23.4. The maximum Gasteiger partial charge on any atom is 0.138 e. The van der Waals surface area contributed by atoms with Gasteiger partial charge >= 0.3 is 0 Å². The number of fused-ring (bicyclic) bond motifs is 23. The third-order valence-electron chi connectivity index (χ3n) is 15.1. The minimum absolute atomic E-state index is 0.00616. The number of para-hydroxylation sites is 2. The number of anilines is 4. The van der Waals surface area contributed by atoms with Gasteiger partial charge in [0.05, 0.1) is 47.5 Å². The molecule has 0 amide bonds. The van der Waals surface area contributed by atoms with E-state index in [0.29, 0.717) is 23.9 Å². The van der Waals surface area contributed by atoms with Crippen molar-refractivity contribution in [1.29, 1.82) is 0 Å². The maximum atomic E-state index is 10.0. The van der Waals surface area contributed by atoms with E-state index in [-0.39, 0.29) is 50.6 Å². The van der Waals surface area contributed by atoms with Crippen LogP contribution in [-0.4, -0.2) is 16.2 Å². The molecule has 9 aromatic carbocycles. The van der Waals surface area contributed by atoms with Crippen LogP contribution in [-0.2, 0) is 16.2 Å². The summed E-state index contributed by atoms with van der Waals surface area (Å²) < 4.78 is 102. The Morgan fingerprint density at radius 1 is 0.442 bits per heavy atom. The number of pyridine rings is 1. The first-order chi connectivity index (χ1) is 41.2. The molecule has 0 N–H and O–H groups in total. The van der Waals surface area contributed by atoms with Crippen LogP contribution < -0.4 is 14.5 Å². The quantitative estimate of drug-likeness (QED) is 0.173. The Morgan fingerprint density at radius 2 is 1.09 bits per heavy atom. The SMILES string of the molecule is [2H]c1c([2H])c([2H])c(-c2c([2H])c([2H])c3c(c2[2H])c2c([2H])c([2H])c4cc2n3-c2cc(C(C)(C)C)cc(n2)-c2cccc(c2)-c2ccccc2-c2cc(C(C)(C)C)cc(-c3ccccc3)c2N2CN(c3cc(cc(C(C)(C)C)c3)O4)c3ccccc32)c([2H])c1[2H]. The molecule has 5 nitrogen and oxygen atoms in total. The first-order valence-corrected chi connectivity index (χ1v) is 26.3. The lowest BCUT2D eigenvalue weighted by Crippen LogP contribution is -2.26. The van der Waals surface area contributed by atoms with Crippen molar-refractivity contribution in [3.63, 3.8) is 0 Å². The summed E-state index contributed by atoms with van der Waals surface area (Å²) >= 11 is 0. The second-order valence-electron chi connectivity index (χ2n) is 23.4. The Balaban J connectivity index is 1.18. The van der Waals surface area contributed by atoms with Crippen LogP contribution in [0.3, 0.4) is 0 Å². The molecule has 0 radical (unpaired) electrons. The van der Waals surface area contributed by atoms with Crippen molar-refractivity contribution < 1.29 is 18.4 Å². The van der Waals surface area contributed by atoms with Crippen molar-refractivity contribution >= 4 is 44.6 Å². The zero-order valence-corrected chi connectivity index (χ0v) is 44.8. The fourth-order valence-electron chi connectivity index (χ4n) is 10.9. The number of rotatable bonds is 2. The van der Waals surface area contributed by atoms with Gasteiger partial charge in [-0.05, 0) is 145 Å². The summed E-state index contributed by atoms with van der Waals surface area (Å²) in [6.07, 6.45) is 0. The van der Waals surface area contributed by atoms with Crippen molar-refractivity contribution in [3.05, 3.63) is 229 Å². The third kappa shape index (κ3) is 8.55. The van der Waals surface area contributed by atoms with E-state index in [1.54, 1.807) is 10.6 Å². The molecule has 10 bridgehead atoms. The molecular weight excluding hydrogens is 937 g/mol. The molecule has 0 saturated heterocycles. The van der Waals surface area contributed by atoms with Gasteiger partial charge in [-0.1, -0.05) is 183 Å². The van der Waals surface area contributed by atoms with Gasteiger partial charge in [-0.3, -0.25) is 4.57 Å². The summed E-state index contributed by atoms with van der Waals surface area (Å²) in [5, 5.41) is 0.0490. The normalized spacial score (nSPS) is 15.1. The van der Waals surface area contributed by atoms with Gasteiger partial charge in [0.15, 0.2) is 0 Å². The highest BCUT2D eigenvalue weighted by Crippen LogP contribution is 2.53. The van der Waals surface area contributed by atoms with Gasteiger partial charge in [-0.25, -0.2) is 4.98 Å². The number of hydrogen-bond donors (Lipinski definition) is 0. The van der Waals surface area contributed by atoms with Crippen molar-refractivity contribution in [1.82, 2.24) is 9.55 Å². The molecule has 2 aliphatic rings. The lowest BCUT2D eigenvalue weighted by Gasteiger charge is -2.31. The minimum atomic E-state index is -0.655. The number of hydrogen-bond acceptors (Lipinski definition) is 4. The predicted molar refractivity (Wildman–Crippen MR) is 324 cm³/mol. The van der Waals surface area contributed by atoms with Crippen LogP contribution in [0.15, 0.2) is 212 Å². The van der Waals surface area contributed by atoms with E-state index in [2.05, 4.69) is 187 Å². The third-order valence-corrected chi connectivity index (χ3v) is 15.1. The molecule has 0 unspecified atom stereocenters. The van der Waals surface area contributed by atoms with Crippen molar-refractivity contribution in [3.8, 4) is 73.1 Å². The van der Waals surface area contributed by atoms with Crippen LogP contribution in [0, 0.1) is 0 Å². The molecule has 0 atom stereocenters. The van der Waals surface area contributed by atoms with Crippen LogP contribution in [0.25, 0.3) is 83.4 Å². The molecular formula is C72H64N4O. The van der Waals surface area contributed by atoms with Gasteiger partial charge < -0.3 is 14.5 Å². The van der Waals surface area contributed by atoms with Crippen LogP contribution in [0.4, 0.5) is 22.7 Å². The minimum Gasteiger partial charge on any atom is -0.457 e. The van der Waals surface area contributed by atoms with E-state index >= 15 is 0 Å². The summed E-state index contributed by atoms with van der Waals surface area (Å²) in [6.45, 7) is 19.9. The van der Waals surface area contributed by atoms with E-state index in [9.17, 15) is 6.85 Å². The lowest BCUT2D eigenvalue weighted by atomic mass is 9.81. The molecule has 0 spiro atoms. The molecule has 11 aromatic rings. The fourth-order valence-corrected chi connectivity index (χ4v) is 10.9. The predicted octanol–water partition coefficient (Wildman–Crippen LogP) is 19.8. The first-order valence-electron chi connectivity index (χ1n) is 31.3. The average Bonchev–Trinajstić information content (AvgIpc) is 1.73. The summed E-state index contributed by atoms with van der Waals surface area (Å²) in [4.78, 5) is 10.2. The zero-order chi connectivity index (χ0) is 61.7. The van der Waals surface area contributed by atoms with E-state index in [0.717, 1.165) is 72.8 Å². The average molecular weight is 1010 g/mol. The summed E-state index contributed by atoms with van der Waals surface area (Å²) in [7, 11) is 0. The highest BCUT2D eigenvalue weighted by atomic mass is 16.5. The van der Waals surface area contributed by atoms with Crippen molar-refractivity contribution in [2.45, 2.75) is 78.6 Å². The summed E-state index contributed by atoms with van der Waals surface area (Å²) in [5.74, 6) is 0.703. The fraction of sp³-hybridized carbons (Fsp3) is 0.181. The number of nitrogens with zero attached hydrogens (tertiary/aromatic N) is 4. The van der Waals surface area contributed by atoms with Gasteiger partial charge in [0.25, 0.3) is 0 Å². The smallest absolute Gasteiger partial charge is 0.138 e. The molecule has 2 aromatic heterocycles. The van der Waals surface area contributed by atoms with E-state index in [1.807, 2.05) is 30.3 Å². The standard InChI is InChI=1S/C72H64N4O/c1-70(2,3)51-37-54-43-56(38-51)77-55-32-33-59-61-36-48(46-21-12-10-13-22-46)31-34-64(61)76(67(59)44-55)68-42-53(72(7,8)9)41-63(73-68)50-26-20-25-49(35-50)57-27-16-17-28-58(57)62-40-52(71(4,5)6)39-60(47-23-14-11-15-24-47)69(62)75-45-74(54)65-29-18-19-30-66(65)75/h10-44H,45H2,1-9H3/i10D,12D,13D,21D,22D,31D,32D,33D,34D,36D. The van der Waals surface area contributed by atoms with E-state index in [1.165, 1.54) is 5.56 Å². The van der Waals surface area contributed by atoms with Crippen LogP contribution >= 0.6 is 0 Å². The van der Waals surface area contributed by atoms with Crippen LogP contribution in [0.5, 0.6) is 11.5 Å². The van der Waals surface area contributed by atoms with Gasteiger partial charge in [-0.15, -0.1) is 0 Å². The van der Waals surface area contributed by atoms with E-state index in [4.69, 9.17) is 16.6 Å². The molecule has 0 saturated carbocycles. The van der Waals surface area contributed by atoms with Gasteiger partial charge in [0.1, 0.15) is 24.0 Å². The largest absolute Gasteiger partial charge is 0.457 e. The number of benzene rings is 9. The van der Waals surface area contributed by atoms with Gasteiger partial charge in [0, 0.05) is 45.3 Å². The molecule has 13 rings (SSSR count). The van der Waals surface area contributed by atoms with Crippen LogP contribution in [0.2, 0.25) is 0 Å². The molecule has 5 heteroatoms. The molecule has 2 aliphatic heterocycles. The maximum absolute atomic E-state index is 10.0. The molecule has 0 aliphatic carbocycles. The first kappa shape index (κ1) is 38.0. The second kappa shape index (κ2) is 18.0. The summed E-state index contributed by atoms with van der Waals surface area (Å²) in [6, 6.07) is 47.1.